The van der Waals surface area contributed by atoms with Crippen LogP contribution < -0.4 is 4.74 Å². The number of hydrogen-bond acceptors (Lipinski definition) is 3. The second kappa shape index (κ2) is 4.48. The van der Waals surface area contributed by atoms with Crippen molar-refractivity contribution in [3.63, 3.8) is 0 Å². The number of phenols is 1. The molecule has 2 aromatic carbocycles. The van der Waals surface area contributed by atoms with Crippen LogP contribution >= 0.6 is 0 Å². The SMILES string of the molecule is CC(=O)Oc1c2c(c(O)c3ccc(C)cc13)C1CCC2C1C. The molecule has 2 bridgehead atoms. The van der Waals surface area contributed by atoms with E-state index >= 15 is 0 Å². The van der Waals surface area contributed by atoms with Crippen LogP contribution in [0.15, 0.2) is 18.2 Å². The highest BCUT2D eigenvalue weighted by Crippen LogP contribution is 2.63. The van der Waals surface area contributed by atoms with E-state index in [1.807, 2.05) is 25.1 Å². The second-order valence-electron chi connectivity index (χ2n) is 6.80. The summed E-state index contributed by atoms with van der Waals surface area (Å²) in [6, 6.07) is 5.93. The number of esters is 1. The van der Waals surface area contributed by atoms with Crippen molar-refractivity contribution in [1.29, 1.82) is 0 Å². The van der Waals surface area contributed by atoms with Gasteiger partial charge in [-0.3, -0.25) is 4.79 Å². The molecule has 3 nitrogen and oxygen atoms in total. The molecular formula is C19H20O3. The lowest BCUT2D eigenvalue weighted by Crippen LogP contribution is -2.08. The van der Waals surface area contributed by atoms with Gasteiger partial charge < -0.3 is 9.84 Å². The van der Waals surface area contributed by atoms with E-state index in [0.29, 0.717) is 29.3 Å². The summed E-state index contributed by atoms with van der Waals surface area (Å²) in [6.07, 6.45) is 2.23. The van der Waals surface area contributed by atoms with Crippen LogP contribution in [-0.2, 0) is 4.79 Å². The number of carbonyl (C=O) groups excluding carboxylic acids is 1. The summed E-state index contributed by atoms with van der Waals surface area (Å²) in [6.45, 7) is 5.70. The Hall–Kier alpha value is -2.03. The summed E-state index contributed by atoms with van der Waals surface area (Å²) in [4.78, 5) is 11.6. The molecule has 1 fully saturated rings. The van der Waals surface area contributed by atoms with Gasteiger partial charge in [0.25, 0.3) is 0 Å². The molecule has 4 rings (SSSR count). The van der Waals surface area contributed by atoms with Crippen LogP contribution in [0.3, 0.4) is 0 Å². The standard InChI is InChI=1S/C19H20O3/c1-9-4-5-14-15(8-9)19(22-11(3)20)17-13-7-6-12(10(13)2)16(17)18(14)21/h4-5,8,10,12-13,21H,6-7H2,1-3H3. The average Bonchev–Trinajstić information content (AvgIpc) is 2.96. The van der Waals surface area contributed by atoms with Gasteiger partial charge in [-0.1, -0.05) is 24.6 Å². The first kappa shape index (κ1) is 13.6. The van der Waals surface area contributed by atoms with Gasteiger partial charge in [0, 0.05) is 28.8 Å². The summed E-state index contributed by atoms with van der Waals surface area (Å²) in [7, 11) is 0. The summed E-state index contributed by atoms with van der Waals surface area (Å²) in [5.41, 5.74) is 3.20. The quantitative estimate of drug-likeness (QED) is 0.627. The van der Waals surface area contributed by atoms with Crippen molar-refractivity contribution in [1.82, 2.24) is 0 Å². The van der Waals surface area contributed by atoms with Gasteiger partial charge in [-0.2, -0.15) is 0 Å². The first-order valence-corrected chi connectivity index (χ1v) is 7.96. The topological polar surface area (TPSA) is 46.5 Å². The Bertz CT molecular complexity index is 806. The lowest BCUT2D eigenvalue weighted by atomic mass is 9.87. The van der Waals surface area contributed by atoms with Crippen molar-refractivity contribution in [2.24, 2.45) is 5.92 Å². The van der Waals surface area contributed by atoms with Gasteiger partial charge in [0.15, 0.2) is 0 Å². The van der Waals surface area contributed by atoms with Gasteiger partial charge in [-0.05, 0) is 43.6 Å². The average molecular weight is 296 g/mol. The Morgan fingerprint density at radius 2 is 1.86 bits per heavy atom. The molecule has 0 aromatic heterocycles. The Labute approximate surface area is 129 Å². The van der Waals surface area contributed by atoms with E-state index in [-0.39, 0.29) is 5.97 Å². The van der Waals surface area contributed by atoms with E-state index in [1.54, 1.807) is 0 Å². The molecule has 22 heavy (non-hydrogen) atoms. The molecule has 1 saturated carbocycles. The van der Waals surface area contributed by atoms with Crippen LogP contribution in [0.1, 0.15) is 55.2 Å². The highest BCUT2D eigenvalue weighted by molar-refractivity contribution is 5.98. The fourth-order valence-electron chi connectivity index (χ4n) is 4.57. The lowest BCUT2D eigenvalue weighted by molar-refractivity contribution is -0.131. The number of aromatic hydroxyl groups is 1. The zero-order chi connectivity index (χ0) is 15.6. The Morgan fingerprint density at radius 1 is 1.18 bits per heavy atom. The predicted molar refractivity (Wildman–Crippen MR) is 85.5 cm³/mol. The van der Waals surface area contributed by atoms with E-state index in [1.165, 1.54) is 6.92 Å². The summed E-state index contributed by atoms with van der Waals surface area (Å²) >= 11 is 0. The zero-order valence-corrected chi connectivity index (χ0v) is 13.1. The van der Waals surface area contributed by atoms with E-state index in [4.69, 9.17) is 4.74 Å². The van der Waals surface area contributed by atoms with Crippen LogP contribution in [0.5, 0.6) is 11.5 Å². The molecule has 0 saturated heterocycles. The van der Waals surface area contributed by atoms with Gasteiger partial charge in [0.1, 0.15) is 11.5 Å². The first-order valence-electron chi connectivity index (χ1n) is 7.96. The van der Waals surface area contributed by atoms with Crippen molar-refractivity contribution < 1.29 is 14.6 Å². The molecule has 2 aromatic rings. The molecule has 3 atom stereocenters. The number of ether oxygens (including phenoxy) is 1. The zero-order valence-electron chi connectivity index (χ0n) is 13.1. The Balaban J connectivity index is 2.11. The van der Waals surface area contributed by atoms with Crippen molar-refractivity contribution in [3.05, 3.63) is 34.9 Å². The van der Waals surface area contributed by atoms with Crippen LogP contribution in [0.4, 0.5) is 0 Å². The molecule has 2 aliphatic carbocycles. The molecule has 0 heterocycles. The first-order chi connectivity index (χ1) is 10.5. The van der Waals surface area contributed by atoms with Gasteiger partial charge in [-0.25, -0.2) is 0 Å². The van der Waals surface area contributed by atoms with Crippen molar-refractivity contribution in [3.8, 4) is 11.5 Å². The molecular weight excluding hydrogens is 276 g/mol. The van der Waals surface area contributed by atoms with Crippen LogP contribution in [0, 0.1) is 12.8 Å². The fraction of sp³-hybridized carbons (Fsp3) is 0.421. The third kappa shape index (κ3) is 1.65. The van der Waals surface area contributed by atoms with E-state index in [2.05, 4.69) is 6.92 Å². The number of aryl methyl sites for hydroxylation is 1. The number of phenolic OH excluding ortho intramolecular Hbond substituents is 1. The maximum absolute atomic E-state index is 11.6. The summed E-state index contributed by atoms with van der Waals surface area (Å²) < 4.78 is 5.63. The number of hydrogen-bond donors (Lipinski definition) is 1. The van der Waals surface area contributed by atoms with Crippen LogP contribution in [0.2, 0.25) is 0 Å². The minimum Gasteiger partial charge on any atom is -0.507 e. The third-order valence-electron chi connectivity index (χ3n) is 5.51. The van der Waals surface area contributed by atoms with Crippen LogP contribution in [-0.4, -0.2) is 11.1 Å². The normalized spacial score (nSPS) is 25.5. The minimum absolute atomic E-state index is 0.300. The highest BCUT2D eigenvalue weighted by atomic mass is 16.5. The summed E-state index contributed by atoms with van der Waals surface area (Å²) in [5, 5.41) is 12.5. The maximum Gasteiger partial charge on any atom is 0.308 e. The van der Waals surface area contributed by atoms with E-state index < -0.39 is 0 Å². The number of fused-ring (bicyclic) bond motifs is 6. The van der Waals surface area contributed by atoms with Gasteiger partial charge in [0.2, 0.25) is 0 Å². The van der Waals surface area contributed by atoms with E-state index in [0.717, 1.165) is 40.3 Å². The number of carbonyl (C=O) groups is 1. The van der Waals surface area contributed by atoms with Crippen molar-refractivity contribution in [2.45, 2.75) is 45.4 Å². The Kier molecular flexibility index (Phi) is 2.77. The molecule has 3 heteroatoms. The lowest BCUT2D eigenvalue weighted by Gasteiger charge is -2.22. The molecule has 0 aliphatic heterocycles. The van der Waals surface area contributed by atoms with E-state index in [9.17, 15) is 9.90 Å². The van der Waals surface area contributed by atoms with Gasteiger partial charge >= 0.3 is 5.97 Å². The third-order valence-corrected chi connectivity index (χ3v) is 5.51. The minimum atomic E-state index is -0.300. The predicted octanol–water partition coefficient (Wildman–Crippen LogP) is 4.39. The smallest absolute Gasteiger partial charge is 0.308 e. The molecule has 114 valence electrons. The molecule has 0 spiro atoms. The van der Waals surface area contributed by atoms with Gasteiger partial charge in [0.05, 0.1) is 0 Å². The maximum atomic E-state index is 11.6. The molecule has 2 aliphatic rings. The molecule has 0 radical (unpaired) electrons. The van der Waals surface area contributed by atoms with Gasteiger partial charge in [-0.15, -0.1) is 0 Å². The van der Waals surface area contributed by atoms with Crippen LogP contribution in [0.25, 0.3) is 10.8 Å². The number of rotatable bonds is 1. The molecule has 3 unspecified atom stereocenters. The number of benzene rings is 2. The summed E-state index contributed by atoms with van der Waals surface area (Å²) in [5.74, 6) is 2.06. The van der Waals surface area contributed by atoms with Crippen molar-refractivity contribution in [2.75, 3.05) is 0 Å². The Morgan fingerprint density at radius 3 is 2.55 bits per heavy atom. The molecule has 0 amide bonds. The fourth-order valence-corrected chi connectivity index (χ4v) is 4.57. The second-order valence-corrected chi connectivity index (χ2v) is 6.80. The molecule has 1 N–H and O–H groups in total. The largest absolute Gasteiger partial charge is 0.507 e. The highest BCUT2D eigenvalue weighted by Gasteiger charge is 2.47. The monoisotopic (exact) mass is 296 g/mol. The van der Waals surface area contributed by atoms with Crippen molar-refractivity contribution >= 4 is 16.7 Å².